The van der Waals surface area contributed by atoms with Gasteiger partial charge in [0.15, 0.2) is 6.10 Å². The maximum atomic E-state index is 13.3. The lowest BCUT2D eigenvalue weighted by Crippen LogP contribution is -2.35. The van der Waals surface area contributed by atoms with Gasteiger partial charge in [-0.2, -0.15) is 0 Å². The molecule has 0 aliphatic rings. The molecule has 0 radical (unpaired) electrons. The van der Waals surface area contributed by atoms with E-state index in [0.29, 0.717) is 24.3 Å². The molecular formula is C15H22FNO3. The first kappa shape index (κ1) is 16.4. The quantitative estimate of drug-likeness (QED) is 0.842. The van der Waals surface area contributed by atoms with E-state index in [1.807, 2.05) is 20.8 Å². The molecule has 1 atom stereocenters. The SMILES string of the molecule is CCC(Oc1ccc(F)cc1CNC(C)(C)C)C(=O)O. The molecule has 5 heteroatoms. The molecule has 0 amide bonds. The zero-order chi connectivity index (χ0) is 15.3. The van der Waals surface area contributed by atoms with E-state index < -0.39 is 12.1 Å². The molecule has 1 aromatic rings. The lowest BCUT2D eigenvalue weighted by molar-refractivity contribution is -0.145. The van der Waals surface area contributed by atoms with E-state index in [1.54, 1.807) is 6.92 Å². The molecule has 20 heavy (non-hydrogen) atoms. The van der Waals surface area contributed by atoms with Gasteiger partial charge in [0.2, 0.25) is 0 Å². The maximum Gasteiger partial charge on any atom is 0.344 e. The Labute approximate surface area is 119 Å². The predicted molar refractivity (Wildman–Crippen MR) is 75.3 cm³/mol. The molecule has 0 saturated carbocycles. The lowest BCUT2D eigenvalue weighted by Gasteiger charge is -2.22. The van der Waals surface area contributed by atoms with E-state index in [2.05, 4.69) is 5.32 Å². The van der Waals surface area contributed by atoms with Gasteiger partial charge in [-0.1, -0.05) is 6.92 Å². The van der Waals surface area contributed by atoms with E-state index in [1.165, 1.54) is 18.2 Å². The fraction of sp³-hybridized carbons (Fsp3) is 0.533. The van der Waals surface area contributed by atoms with Crippen molar-refractivity contribution in [2.45, 2.75) is 52.3 Å². The standard InChI is InChI=1S/C15H22FNO3/c1-5-12(14(18)19)20-13-7-6-11(16)8-10(13)9-17-15(2,3)4/h6-8,12,17H,5,9H2,1-4H3,(H,18,19). The van der Waals surface area contributed by atoms with Crippen LogP contribution < -0.4 is 10.1 Å². The molecule has 0 aliphatic carbocycles. The van der Waals surface area contributed by atoms with Crippen LogP contribution in [0.25, 0.3) is 0 Å². The summed E-state index contributed by atoms with van der Waals surface area (Å²) in [4.78, 5) is 11.0. The highest BCUT2D eigenvalue weighted by Gasteiger charge is 2.19. The van der Waals surface area contributed by atoms with Gasteiger partial charge in [-0.25, -0.2) is 9.18 Å². The molecule has 1 rings (SSSR count). The number of hydrogen-bond acceptors (Lipinski definition) is 3. The summed E-state index contributed by atoms with van der Waals surface area (Å²) < 4.78 is 18.8. The molecule has 0 fully saturated rings. The zero-order valence-electron chi connectivity index (χ0n) is 12.4. The number of carboxylic acids is 1. The molecule has 4 nitrogen and oxygen atoms in total. The molecule has 0 heterocycles. The number of benzene rings is 1. The van der Waals surface area contributed by atoms with Crippen LogP contribution in [0, 0.1) is 5.82 Å². The minimum atomic E-state index is -1.02. The van der Waals surface area contributed by atoms with Crippen molar-refractivity contribution in [1.82, 2.24) is 5.32 Å². The van der Waals surface area contributed by atoms with Crippen molar-refractivity contribution in [1.29, 1.82) is 0 Å². The Morgan fingerprint density at radius 3 is 2.60 bits per heavy atom. The highest BCUT2D eigenvalue weighted by molar-refractivity contribution is 5.72. The van der Waals surface area contributed by atoms with Crippen molar-refractivity contribution in [3.05, 3.63) is 29.6 Å². The first-order valence-electron chi connectivity index (χ1n) is 6.66. The van der Waals surface area contributed by atoms with E-state index >= 15 is 0 Å². The summed E-state index contributed by atoms with van der Waals surface area (Å²) in [6.07, 6.45) is -0.576. The Morgan fingerprint density at radius 1 is 1.45 bits per heavy atom. The third-order valence-corrected chi connectivity index (χ3v) is 2.75. The number of carbonyl (C=O) groups is 1. The Hall–Kier alpha value is -1.62. The fourth-order valence-electron chi connectivity index (χ4n) is 1.62. The van der Waals surface area contributed by atoms with Crippen LogP contribution in [0.3, 0.4) is 0 Å². The Balaban J connectivity index is 2.92. The molecule has 1 aromatic carbocycles. The first-order valence-corrected chi connectivity index (χ1v) is 6.66. The van der Waals surface area contributed by atoms with Crippen LogP contribution in [0.1, 0.15) is 39.7 Å². The number of nitrogens with one attached hydrogen (secondary N) is 1. The monoisotopic (exact) mass is 283 g/mol. The van der Waals surface area contributed by atoms with Crippen molar-refractivity contribution >= 4 is 5.97 Å². The smallest absolute Gasteiger partial charge is 0.344 e. The molecule has 112 valence electrons. The highest BCUT2D eigenvalue weighted by Crippen LogP contribution is 2.22. The molecular weight excluding hydrogens is 261 g/mol. The number of hydrogen-bond donors (Lipinski definition) is 2. The summed E-state index contributed by atoms with van der Waals surface area (Å²) in [6.45, 7) is 8.14. The molecule has 0 aliphatic heterocycles. The summed E-state index contributed by atoms with van der Waals surface area (Å²) in [6, 6.07) is 4.10. The van der Waals surface area contributed by atoms with Crippen molar-refractivity contribution < 1.29 is 19.0 Å². The normalized spacial score (nSPS) is 13.1. The van der Waals surface area contributed by atoms with Gasteiger partial charge in [-0.05, 0) is 45.4 Å². The van der Waals surface area contributed by atoms with Gasteiger partial charge in [0.1, 0.15) is 11.6 Å². The second-order valence-electron chi connectivity index (χ2n) is 5.71. The van der Waals surface area contributed by atoms with Gasteiger partial charge in [-0.15, -0.1) is 0 Å². The van der Waals surface area contributed by atoms with Crippen LogP contribution in [-0.2, 0) is 11.3 Å². The Morgan fingerprint density at radius 2 is 2.10 bits per heavy atom. The van der Waals surface area contributed by atoms with Crippen LogP contribution in [0.15, 0.2) is 18.2 Å². The summed E-state index contributed by atoms with van der Waals surface area (Å²) in [5.41, 5.74) is 0.486. The van der Waals surface area contributed by atoms with Crippen molar-refractivity contribution in [3.63, 3.8) is 0 Å². The Kier molecular flexibility index (Phi) is 5.51. The average Bonchev–Trinajstić information content (AvgIpc) is 2.33. The number of carboxylic acid groups (broad SMARTS) is 1. The molecule has 0 saturated heterocycles. The zero-order valence-corrected chi connectivity index (χ0v) is 12.4. The van der Waals surface area contributed by atoms with Gasteiger partial charge in [0.05, 0.1) is 0 Å². The third-order valence-electron chi connectivity index (χ3n) is 2.75. The predicted octanol–water partition coefficient (Wildman–Crippen LogP) is 2.96. The minimum absolute atomic E-state index is 0.124. The molecule has 0 bridgehead atoms. The summed E-state index contributed by atoms with van der Waals surface area (Å²) in [5, 5.41) is 12.3. The van der Waals surface area contributed by atoms with Gasteiger partial charge < -0.3 is 15.2 Å². The van der Waals surface area contributed by atoms with E-state index in [4.69, 9.17) is 9.84 Å². The van der Waals surface area contributed by atoms with E-state index in [-0.39, 0.29) is 11.4 Å². The Bertz CT molecular complexity index is 469. The summed E-state index contributed by atoms with van der Waals surface area (Å²) in [5.74, 6) is -0.990. The maximum absolute atomic E-state index is 13.3. The average molecular weight is 283 g/mol. The number of ether oxygens (including phenoxy) is 1. The van der Waals surface area contributed by atoms with Crippen LogP contribution >= 0.6 is 0 Å². The largest absolute Gasteiger partial charge is 0.479 e. The van der Waals surface area contributed by atoms with E-state index in [0.717, 1.165) is 0 Å². The number of rotatable bonds is 6. The lowest BCUT2D eigenvalue weighted by atomic mass is 10.1. The van der Waals surface area contributed by atoms with Crippen molar-refractivity contribution in [3.8, 4) is 5.75 Å². The topological polar surface area (TPSA) is 58.6 Å². The summed E-state index contributed by atoms with van der Waals surface area (Å²) >= 11 is 0. The molecule has 1 unspecified atom stereocenters. The van der Waals surface area contributed by atoms with Gasteiger partial charge in [-0.3, -0.25) is 0 Å². The minimum Gasteiger partial charge on any atom is -0.479 e. The van der Waals surface area contributed by atoms with Crippen LogP contribution in [0.5, 0.6) is 5.75 Å². The molecule has 2 N–H and O–H groups in total. The van der Waals surface area contributed by atoms with Crippen LogP contribution in [0.4, 0.5) is 4.39 Å². The van der Waals surface area contributed by atoms with Crippen molar-refractivity contribution in [2.75, 3.05) is 0 Å². The molecule has 0 spiro atoms. The third kappa shape index (κ3) is 5.17. The van der Waals surface area contributed by atoms with Crippen molar-refractivity contribution in [2.24, 2.45) is 0 Å². The number of halogens is 1. The second kappa shape index (κ2) is 6.70. The van der Waals surface area contributed by atoms with Gasteiger partial charge >= 0.3 is 5.97 Å². The second-order valence-corrected chi connectivity index (χ2v) is 5.71. The first-order chi connectivity index (χ1) is 9.23. The van der Waals surface area contributed by atoms with Crippen LogP contribution in [0.2, 0.25) is 0 Å². The number of aliphatic carboxylic acids is 1. The highest BCUT2D eigenvalue weighted by atomic mass is 19.1. The summed E-state index contributed by atoms with van der Waals surface area (Å²) in [7, 11) is 0. The van der Waals surface area contributed by atoms with Gasteiger partial charge in [0.25, 0.3) is 0 Å². The van der Waals surface area contributed by atoms with Gasteiger partial charge in [0, 0.05) is 17.6 Å². The van der Waals surface area contributed by atoms with E-state index in [9.17, 15) is 9.18 Å². The van der Waals surface area contributed by atoms with Crippen LogP contribution in [-0.4, -0.2) is 22.7 Å². The fourth-order valence-corrected chi connectivity index (χ4v) is 1.62. The molecule has 0 aromatic heterocycles.